The van der Waals surface area contributed by atoms with Gasteiger partial charge in [-0.1, -0.05) is 18.2 Å². The second-order valence-corrected chi connectivity index (χ2v) is 5.10. The summed E-state index contributed by atoms with van der Waals surface area (Å²) in [5, 5.41) is 11.6. The summed E-state index contributed by atoms with van der Waals surface area (Å²) in [5.74, 6) is -0.194. The Bertz CT molecular complexity index is 565. The number of nitrogens with one attached hydrogen (secondary N) is 1. The topological polar surface area (TPSA) is 42.7 Å². The Morgan fingerprint density at radius 3 is 2.80 bits per heavy atom. The highest BCUT2D eigenvalue weighted by molar-refractivity contribution is 5.30. The van der Waals surface area contributed by atoms with Crippen LogP contribution in [0.25, 0.3) is 0 Å². The molecule has 108 valence electrons. The average Bonchev–Trinajstić information content (AvgIpc) is 2.80. The zero-order valence-corrected chi connectivity index (χ0v) is 12.2. The highest BCUT2D eigenvalue weighted by atomic mass is 19.1. The van der Waals surface area contributed by atoms with Crippen LogP contribution in [0.5, 0.6) is 0 Å². The number of halogens is 1. The molecule has 1 atom stereocenters. The Kier molecular flexibility index (Phi) is 4.84. The standard InChI is InChI=1S/C15H21FN4/c1-4-7-17-15(9-13-10-20(3)19-18-13)14-6-5-12(16)8-11(14)2/h5-6,8,10,15,17H,4,7,9H2,1-3H3. The van der Waals surface area contributed by atoms with Crippen molar-refractivity contribution < 1.29 is 4.39 Å². The summed E-state index contributed by atoms with van der Waals surface area (Å²) in [6.07, 6.45) is 3.72. The molecule has 1 heterocycles. The van der Waals surface area contributed by atoms with E-state index in [9.17, 15) is 4.39 Å². The first kappa shape index (κ1) is 14.7. The van der Waals surface area contributed by atoms with Crippen molar-refractivity contribution in [3.63, 3.8) is 0 Å². The van der Waals surface area contributed by atoms with E-state index in [0.29, 0.717) is 0 Å². The van der Waals surface area contributed by atoms with Crippen molar-refractivity contribution >= 4 is 0 Å². The number of hydrogen-bond donors (Lipinski definition) is 1. The van der Waals surface area contributed by atoms with Crippen LogP contribution in [0.1, 0.15) is 36.2 Å². The van der Waals surface area contributed by atoms with E-state index < -0.39 is 0 Å². The zero-order valence-electron chi connectivity index (χ0n) is 12.2. The van der Waals surface area contributed by atoms with Crippen LogP contribution >= 0.6 is 0 Å². The van der Waals surface area contributed by atoms with Gasteiger partial charge in [0.05, 0.1) is 5.69 Å². The van der Waals surface area contributed by atoms with E-state index in [0.717, 1.165) is 36.2 Å². The highest BCUT2D eigenvalue weighted by Crippen LogP contribution is 2.22. The molecule has 0 saturated carbocycles. The third-order valence-electron chi connectivity index (χ3n) is 3.31. The first-order chi connectivity index (χ1) is 9.60. The Hall–Kier alpha value is -1.75. The molecule has 20 heavy (non-hydrogen) atoms. The van der Waals surface area contributed by atoms with E-state index in [4.69, 9.17) is 0 Å². The molecule has 0 aliphatic heterocycles. The van der Waals surface area contributed by atoms with E-state index >= 15 is 0 Å². The normalized spacial score (nSPS) is 12.6. The molecule has 4 nitrogen and oxygen atoms in total. The Labute approximate surface area is 119 Å². The minimum atomic E-state index is -0.194. The molecule has 1 aromatic heterocycles. The van der Waals surface area contributed by atoms with E-state index in [1.165, 1.54) is 6.07 Å². The van der Waals surface area contributed by atoms with Gasteiger partial charge in [0.1, 0.15) is 5.82 Å². The van der Waals surface area contributed by atoms with E-state index in [1.807, 2.05) is 26.2 Å². The van der Waals surface area contributed by atoms with Gasteiger partial charge in [-0.15, -0.1) is 5.10 Å². The summed E-state index contributed by atoms with van der Waals surface area (Å²) in [7, 11) is 1.86. The number of aryl methyl sites for hydroxylation is 2. The van der Waals surface area contributed by atoms with E-state index in [2.05, 4.69) is 22.6 Å². The van der Waals surface area contributed by atoms with Crippen LogP contribution in [0, 0.1) is 12.7 Å². The van der Waals surface area contributed by atoms with Crippen LogP contribution < -0.4 is 5.32 Å². The minimum Gasteiger partial charge on any atom is -0.310 e. The molecule has 0 radical (unpaired) electrons. The maximum Gasteiger partial charge on any atom is 0.123 e. The fourth-order valence-corrected chi connectivity index (χ4v) is 2.34. The Balaban J connectivity index is 2.22. The lowest BCUT2D eigenvalue weighted by molar-refractivity contribution is 0.520. The third kappa shape index (κ3) is 3.63. The van der Waals surface area contributed by atoms with Gasteiger partial charge in [-0.05, 0) is 43.1 Å². The molecule has 2 rings (SSSR count). The van der Waals surface area contributed by atoms with Gasteiger partial charge in [0, 0.05) is 25.7 Å². The molecule has 2 aromatic rings. The second kappa shape index (κ2) is 6.61. The SMILES string of the molecule is CCCNC(Cc1cn(C)nn1)c1ccc(F)cc1C. The van der Waals surface area contributed by atoms with Crippen molar-refractivity contribution in [3.8, 4) is 0 Å². The molecule has 1 N–H and O–H groups in total. The molecular weight excluding hydrogens is 255 g/mol. The first-order valence-corrected chi connectivity index (χ1v) is 6.94. The van der Waals surface area contributed by atoms with Crippen molar-refractivity contribution in [1.82, 2.24) is 20.3 Å². The summed E-state index contributed by atoms with van der Waals surface area (Å²) >= 11 is 0. The highest BCUT2D eigenvalue weighted by Gasteiger charge is 2.16. The fourth-order valence-electron chi connectivity index (χ4n) is 2.34. The minimum absolute atomic E-state index is 0.132. The van der Waals surface area contributed by atoms with Gasteiger partial charge in [0.25, 0.3) is 0 Å². The number of hydrogen-bond acceptors (Lipinski definition) is 3. The Morgan fingerprint density at radius 1 is 1.40 bits per heavy atom. The van der Waals surface area contributed by atoms with E-state index in [-0.39, 0.29) is 11.9 Å². The molecule has 0 aliphatic carbocycles. The summed E-state index contributed by atoms with van der Waals surface area (Å²) in [6.45, 7) is 4.99. The molecule has 0 bridgehead atoms. The molecule has 1 unspecified atom stereocenters. The summed E-state index contributed by atoms with van der Waals surface area (Å²) < 4.78 is 14.9. The molecule has 5 heteroatoms. The van der Waals surface area contributed by atoms with Crippen molar-refractivity contribution in [3.05, 3.63) is 47.0 Å². The molecule has 0 fully saturated rings. The lowest BCUT2D eigenvalue weighted by atomic mass is 9.97. The maximum absolute atomic E-state index is 13.2. The molecule has 1 aromatic carbocycles. The van der Waals surface area contributed by atoms with Crippen LogP contribution in [-0.2, 0) is 13.5 Å². The van der Waals surface area contributed by atoms with Crippen molar-refractivity contribution in [2.75, 3.05) is 6.54 Å². The smallest absolute Gasteiger partial charge is 0.123 e. The third-order valence-corrected chi connectivity index (χ3v) is 3.31. The molecule has 0 saturated heterocycles. The second-order valence-electron chi connectivity index (χ2n) is 5.10. The molecule has 0 aliphatic rings. The van der Waals surface area contributed by atoms with Crippen LogP contribution in [-0.4, -0.2) is 21.5 Å². The predicted octanol–water partition coefficient (Wildman–Crippen LogP) is 2.55. The summed E-state index contributed by atoms with van der Waals surface area (Å²) in [5.41, 5.74) is 3.01. The van der Waals surface area contributed by atoms with Crippen LogP contribution in [0.3, 0.4) is 0 Å². The number of rotatable bonds is 6. The van der Waals surface area contributed by atoms with Crippen molar-refractivity contribution in [2.24, 2.45) is 7.05 Å². The number of aromatic nitrogens is 3. The number of nitrogens with zero attached hydrogens (tertiary/aromatic N) is 3. The monoisotopic (exact) mass is 276 g/mol. The van der Waals surface area contributed by atoms with Gasteiger partial charge >= 0.3 is 0 Å². The quantitative estimate of drug-likeness (QED) is 0.881. The lowest BCUT2D eigenvalue weighted by Crippen LogP contribution is -2.25. The van der Waals surface area contributed by atoms with Gasteiger partial charge in [0.15, 0.2) is 0 Å². The van der Waals surface area contributed by atoms with Crippen LogP contribution in [0.15, 0.2) is 24.4 Å². The summed E-state index contributed by atoms with van der Waals surface area (Å²) in [4.78, 5) is 0. The van der Waals surface area contributed by atoms with Gasteiger partial charge in [0.2, 0.25) is 0 Å². The molecule has 0 spiro atoms. The first-order valence-electron chi connectivity index (χ1n) is 6.94. The van der Waals surface area contributed by atoms with Crippen LogP contribution in [0.4, 0.5) is 4.39 Å². The van der Waals surface area contributed by atoms with Gasteiger partial charge in [-0.2, -0.15) is 0 Å². The van der Waals surface area contributed by atoms with Gasteiger partial charge in [-0.3, -0.25) is 4.68 Å². The average molecular weight is 276 g/mol. The van der Waals surface area contributed by atoms with Gasteiger partial charge < -0.3 is 5.32 Å². The molecular formula is C15H21FN4. The van der Waals surface area contributed by atoms with Crippen LogP contribution in [0.2, 0.25) is 0 Å². The lowest BCUT2D eigenvalue weighted by Gasteiger charge is -2.20. The van der Waals surface area contributed by atoms with Crippen molar-refractivity contribution in [2.45, 2.75) is 32.7 Å². The zero-order chi connectivity index (χ0) is 14.5. The van der Waals surface area contributed by atoms with Crippen molar-refractivity contribution in [1.29, 1.82) is 0 Å². The fraction of sp³-hybridized carbons (Fsp3) is 0.467. The molecule has 0 amide bonds. The maximum atomic E-state index is 13.2. The number of benzene rings is 1. The predicted molar refractivity (Wildman–Crippen MR) is 76.9 cm³/mol. The van der Waals surface area contributed by atoms with Gasteiger partial charge in [-0.25, -0.2) is 4.39 Å². The largest absolute Gasteiger partial charge is 0.310 e. The van der Waals surface area contributed by atoms with E-state index in [1.54, 1.807) is 10.7 Å². The Morgan fingerprint density at radius 2 is 2.20 bits per heavy atom. The summed E-state index contributed by atoms with van der Waals surface area (Å²) in [6, 6.07) is 5.08.